The number of carbonyl (C=O) groups is 1. The maximum atomic E-state index is 13.7. The monoisotopic (exact) mass is 429 g/mol. The van der Waals surface area contributed by atoms with Crippen LogP contribution < -0.4 is 11.1 Å². The van der Waals surface area contributed by atoms with Crippen LogP contribution in [-0.2, 0) is 6.42 Å². The Bertz CT molecular complexity index is 1060. The van der Waals surface area contributed by atoms with Gasteiger partial charge in [0.2, 0.25) is 0 Å². The van der Waals surface area contributed by atoms with Crippen molar-refractivity contribution in [3.8, 4) is 0 Å². The largest absolute Gasteiger partial charge is 0.400 e. The van der Waals surface area contributed by atoms with Gasteiger partial charge in [0.25, 0.3) is 5.91 Å². The quantitative estimate of drug-likeness (QED) is 0.499. The fourth-order valence-corrected chi connectivity index (χ4v) is 3.20. The van der Waals surface area contributed by atoms with Gasteiger partial charge >= 0.3 is 0 Å². The fraction of sp³-hybridized carbons (Fsp3) is 0.190. The van der Waals surface area contributed by atoms with Crippen LogP contribution in [0.4, 0.5) is 10.2 Å². The van der Waals surface area contributed by atoms with Crippen molar-refractivity contribution in [2.75, 3.05) is 25.6 Å². The average molecular weight is 430 g/mol. The zero-order valence-electron chi connectivity index (χ0n) is 16.8. The number of nitrogens with zero attached hydrogens (tertiary/aromatic N) is 3. The number of hydrogen-bond acceptors (Lipinski definition) is 6. The minimum atomic E-state index is -0.304. The highest BCUT2D eigenvalue weighted by Crippen LogP contribution is 2.24. The maximum absolute atomic E-state index is 13.7. The molecule has 0 bridgehead atoms. The first-order valence-corrected chi connectivity index (χ1v) is 10.3. The smallest absolute Gasteiger partial charge is 0.251 e. The highest BCUT2D eigenvalue weighted by molar-refractivity contribution is 8.07. The van der Waals surface area contributed by atoms with Crippen molar-refractivity contribution in [2.45, 2.75) is 6.42 Å². The van der Waals surface area contributed by atoms with Crippen molar-refractivity contribution in [3.05, 3.63) is 77.9 Å². The molecule has 2 heterocycles. The summed E-state index contributed by atoms with van der Waals surface area (Å²) in [7, 11) is 1.00. The van der Waals surface area contributed by atoms with Gasteiger partial charge in [0, 0.05) is 19.2 Å². The third-order valence-corrected chi connectivity index (χ3v) is 4.83. The summed E-state index contributed by atoms with van der Waals surface area (Å²) in [6.07, 6.45) is 5.79. The number of nitrogens with one attached hydrogen (secondary N) is 1. The van der Waals surface area contributed by atoms with Gasteiger partial charge in [-0.3, -0.25) is 4.79 Å². The summed E-state index contributed by atoms with van der Waals surface area (Å²) >= 11 is 1.49. The summed E-state index contributed by atoms with van der Waals surface area (Å²) < 4.78 is 15.1. The standard InChI is InChI=1S/C20H20FN5OS.CH4O/c1-3-6-16(28-2)19-24-18-12-14(11-17(22)26(18)25-19)20(27)23-10-9-13-7-4-5-8-15(13)21;1-2/h3-8,11-12H,1,9-10,22H2,2H3,(H,23,27);2H,1H3/b16-6-;. The molecule has 0 atom stereocenters. The maximum Gasteiger partial charge on any atom is 0.251 e. The number of hydrogen-bond donors (Lipinski definition) is 3. The summed E-state index contributed by atoms with van der Waals surface area (Å²) in [6, 6.07) is 9.66. The molecule has 158 valence electrons. The number of aliphatic hydroxyl groups is 1. The van der Waals surface area contributed by atoms with Gasteiger partial charge in [0.05, 0.1) is 4.91 Å². The van der Waals surface area contributed by atoms with Crippen molar-refractivity contribution in [1.82, 2.24) is 19.9 Å². The van der Waals surface area contributed by atoms with E-state index in [1.807, 2.05) is 12.3 Å². The molecule has 0 spiro atoms. The lowest BCUT2D eigenvalue weighted by atomic mass is 10.1. The molecule has 0 aliphatic carbocycles. The number of rotatable bonds is 7. The van der Waals surface area contributed by atoms with E-state index < -0.39 is 0 Å². The number of nitrogens with two attached hydrogens (primary N) is 1. The molecular formula is C21H24FN5O2S. The van der Waals surface area contributed by atoms with Crippen LogP contribution in [0.2, 0.25) is 0 Å². The van der Waals surface area contributed by atoms with E-state index in [4.69, 9.17) is 10.8 Å². The molecule has 2 aromatic heterocycles. The number of carbonyl (C=O) groups excluding carboxylic acids is 1. The van der Waals surface area contributed by atoms with Crippen molar-refractivity contribution in [3.63, 3.8) is 0 Å². The van der Waals surface area contributed by atoms with Crippen molar-refractivity contribution >= 4 is 34.0 Å². The van der Waals surface area contributed by atoms with Gasteiger partial charge in [-0.2, -0.15) is 4.52 Å². The Balaban J connectivity index is 0.00000155. The van der Waals surface area contributed by atoms with E-state index in [1.54, 1.807) is 36.4 Å². The van der Waals surface area contributed by atoms with Crippen LogP contribution in [0, 0.1) is 5.82 Å². The van der Waals surface area contributed by atoms with Crippen molar-refractivity contribution in [1.29, 1.82) is 0 Å². The van der Waals surface area contributed by atoms with E-state index in [0.717, 1.165) is 12.0 Å². The zero-order chi connectivity index (χ0) is 22.1. The van der Waals surface area contributed by atoms with E-state index in [2.05, 4.69) is 22.0 Å². The van der Waals surface area contributed by atoms with Crippen molar-refractivity contribution < 1.29 is 14.3 Å². The van der Waals surface area contributed by atoms with Gasteiger partial charge in [-0.1, -0.05) is 30.9 Å². The van der Waals surface area contributed by atoms with Crippen LogP contribution in [0.1, 0.15) is 21.7 Å². The predicted molar refractivity (Wildman–Crippen MR) is 120 cm³/mol. The lowest BCUT2D eigenvalue weighted by molar-refractivity contribution is 0.0954. The number of pyridine rings is 1. The molecule has 0 aliphatic rings. The Hall–Kier alpha value is -3.17. The zero-order valence-corrected chi connectivity index (χ0v) is 17.6. The van der Waals surface area contributed by atoms with Crippen LogP contribution in [0.15, 0.2) is 55.1 Å². The Morgan fingerprint density at radius 2 is 2.10 bits per heavy atom. The number of halogens is 1. The number of allylic oxidation sites excluding steroid dienone is 2. The second kappa shape index (κ2) is 11.1. The molecule has 1 amide bonds. The van der Waals surface area contributed by atoms with Crippen LogP contribution in [0.25, 0.3) is 10.6 Å². The number of amides is 1. The minimum Gasteiger partial charge on any atom is -0.400 e. The average Bonchev–Trinajstić information content (AvgIpc) is 3.19. The molecule has 0 saturated heterocycles. The molecule has 9 heteroatoms. The number of thioether (sulfide) groups is 1. The SMILES string of the molecule is C=C/C=C(\SC)c1nc2cc(C(=O)NCCc3ccccc3F)cc(N)n2n1.CO. The Labute approximate surface area is 178 Å². The summed E-state index contributed by atoms with van der Waals surface area (Å²) in [5.41, 5.74) is 7.44. The molecule has 30 heavy (non-hydrogen) atoms. The molecule has 1 aromatic carbocycles. The van der Waals surface area contributed by atoms with E-state index >= 15 is 0 Å². The van der Waals surface area contributed by atoms with Crippen LogP contribution >= 0.6 is 11.8 Å². The third-order valence-electron chi connectivity index (χ3n) is 4.07. The minimum absolute atomic E-state index is 0.282. The number of fused-ring (bicyclic) bond motifs is 1. The van der Waals surface area contributed by atoms with Crippen molar-refractivity contribution in [2.24, 2.45) is 0 Å². The number of nitrogen functional groups attached to an aromatic ring is 1. The topological polar surface area (TPSA) is 106 Å². The van der Waals surface area contributed by atoms with E-state index in [-0.39, 0.29) is 11.7 Å². The first-order chi connectivity index (χ1) is 14.5. The highest BCUT2D eigenvalue weighted by atomic mass is 32.2. The third kappa shape index (κ3) is 5.46. The molecule has 0 fully saturated rings. The second-order valence-corrected chi connectivity index (χ2v) is 6.79. The summed E-state index contributed by atoms with van der Waals surface area (Å²) in [4.78, 5) is 17.8. The summed E-state index contributed by atoms with van der Waals surface area (Å²) in [5.74, 6) is 0.225. The number of benzene rings is 1. The predicted octanol–water partition coefficient (Wildman–Crippen LogP) is 2.92. The van der Waals surface area contributed by atoms with Gasteiger partial charge in [-0.05, 0) is 42.5 Å². The number of anilines is 1. The van der Waals surface area contributed by atoms with Gasteiger partial charge in [0.1, 0.15) is 11.6 Å². The normalized spacial score (nSPS) is 11.0. The first-order valence-electron chi connectivity index (χ1n) is 9.03. The molecule has 0 saturated carbocycles. The van der Waals surface area contributed by atoms with Gasteiger partial charge in [-0.15, -0.1) is 16.9 Å². The Morgan fingerprint density at radius 3 is 2.77 bits per heavy atom. The lowest BCUT2D eigenvalue weighted by Crippen LogP contribution is -2.26. The van der Waals surface area contributed by atoms with Crippen LogP contribution in [0.5, 0.6) is 0 Å². The van der Waals surface area contributed by atoms with Gasteiger partial charge < -0.3 is 16.2 Å². The number of aromatic nitrogens is 3. The molecule has 4 N–H and O–H groups in total. The first kappa shape index (κ1) is 23.1. The second-order valence-electron chi connectivity index (χ2n) is 5.94. The Morgan fingerprint density at radius 1 is 1.37 bits per heavy atom. The summed E-state index contributed by atoms with van der Waals surface area (Å²) in [5, 5.41) is 14.2. The molecule has 7 nitrogen and oxygen atoms in total. The van der Waals surface area contributed by atoms with E-state index in [1.165, 1.54) is 22.3 Å². The van der Waals surface area contributed by atoms with E-state index in [9.17, 15) is 9.18 Å². The number of aliphatic hydroxyl groups excluding tert-OH is 1. The molecule has 0 radical (unpaired) electrons. The molecular weight excluding hydrogens is 405 g/mol. The van der Waals surface area contributed by atoms with E-state index in [0.29, 0.717) is 41.4 Å². The van der Waals surface area contributed by atoms with Gasteiger partial charge in [0.15, 0.2) is 11.5 Å². The molecule has 3 rings (SSSR count). The van der Waals surface area contributed by atoms with Crippen LogP contribution in [0.3, 0.4) is 0 Å². The molecule has 3 aromatic rings. The van der Waals surface area contributed by atoms with Gasteiger partial charge in [-0.25, -0.2) is 9.37 Å². The fourth-order valence-electron chi connectivity index (χ4n) is 2.70. The highest BCUT2D eigenvalue weighted by Gasteiger charge is 2.14. The molecule has 0 unspecified atom stereocenters. The Kier molecular flexibility index (Phi) is 8.57. The van der Waals surface area contributed by atoms with Crippen LogP contribution in [-0.4, -0.2) is 45.5 Å². The lowest BCUT2D eigenvalue weighted by Gasteiger charge is -2.07. The summed E-state index contributed by atoms with van der Waals surface area (Å²) in [6.45, 7) is 3.99. The molecule has 0 aliphatic heterocycles.